The van der Waals surface area contributed by atoms with Gasteiger partial charge in [0.25, 0.3) is 0 Å². The lowest BCUT2D eigenvalue weighted by Crippen LogP contribution is -2.46. The topological polar surface area (TPSA) is 24.5 Å². The van der Waals surface area contributed by atoms with E-state index in [0.717, 1.165) is 37.8 Å². The van der Waals surface area contributed by atoms with Crippen LogP contribution in [0.4, 0.5) is 0 Å². The smallest absolute Gasteiger partial charge is 0.124 e. The molecule has 1 aliphatic heterocycles. The van der Waals surface area contributed by atoms with Crippen LogP contribution in [-0.2, 0) is 0 Å². The molecule has 144 valence electrons. The first-order valence-electron chi connectivity index (χ1n) is 9.39. The summed E-state index contributed by atoms with van der Waals surface area (Å²) in [5.41, 5.74) is 1.42. The molecule has 5 heteroatoms. The Balaban J connectivity index is 0.00000121. The van der Waals surface area contributed by atoms with Gasteiger partial charge >= 0.3 is 0 Å². The standard InChI is InChI=1S/C21H28N2O.2ClH/c1-24-19-11-10-16-6-4-5-9-18(16)20(19)21(17-7-2-3-8-17)23-14-12-22-13-15-23;;/h4-6,9-11,17,21-22H,2-3,7-8,12-15H2,1H3;2*1H/t21-;;/m0../s1. The lowest BCUT2D eigenvalue weighted by molar-refractivity contribution is 0.124. The maximum absolute atomic E-state index is 5.84. The third-order valence-corrected chi connectivity index (χ3v) is 5.84. The quantitative estimate of drug-likeness (QED) is 0.800. The average Bonchev–Trinajstić information content (AvgIpc) is 3.17. The Kier molecular flexibility index (Phi) is 8.03. The van der Waals surface area contributed by atoms with E-state index in [9.17, 15) is 0 Å². The van der Waals surface area contributed by atoms with Gasteiger partial charge in [-0.1, -0.05) is 43.2 Å². The maximum atomic E-state index is 5.84. The van der Waals surface area contributed by atoms with Crippen molar-refractivity contribution in [1.29, 1.82) is 0 Å². The molecule has 3 nitrogen and oxygen atoms in total. The molecule has 0 spiro atoms. The molecule has 2 aromatic rings. The van der Waals surface area contributed by atoms with Crippen molar-refractivity contribution in [1.82, 2.24) is 10.2 Å². The predicted octanol–water partition coefficient (Wildman–Crippen LogP) is 4.83. The minimum atomic E-state index is 0. The lowest BCUT2D eigenvalue weighted by atomic mass is 9.86. The van der Waals surface area contributed by atoms with Crippen molar-refractivity contribution >= 4 is 35.6 Å². The van der Waals surface area contributed by atoms with Crippen molar-refractivity contribution < 1.29 is 4.74 Å². The van der Waals surface area contributed by atoms with Gasteiger partial charge in [-0.2, -0.15) is 0 Å². The van der Waals surface area contributed by atoms with Crippen LogP contribution in [0, 0.1) is 5.92 Å². The second-order valence-corrected chi connectivity index (χ2v) is 7.18. The Labute approximate surface area is 169 Å². The molecule has 2 aliphatic rings. The fourth-order valence-electron chi connectivity index (χ4n) is 4.71. The van der Waals surface area contributed by atoms with Gasteiger partial charge in [-0.3, -0.25) is 4.90 Å². The average molecular weight is 397 g/mol. The Hall–Kier alpha value is -1.00. The maximum Gasteiger partial charge on any atom is 0.124 e. The van der Waals surface area contributed by atoms with Crippen molar-refractivity contribution in [2.24, 2.45) is 5.92 Å². The summed E-state index contributed by atoms with van der Waals surface area (Å²) in [5, 5.41) is 6.20. The second kappa shape index (κ2) is 9.80. The van der Waals surface area contributed by atoms with Gasteiger partial charge in [0.15, 0.2) is 0 Å². The van der Waals surface area contributed by atoms with Crippen molar-refractivity contribution in [2.45, 2.75) is 31.7 Å². The van der Waals surface area contributed by atoms with Gasteiger partial charge < -0.3 is 10.1 Å². The summed E-state index contributed by atoms with van der Waals surface area (Å²) in [6.07, 6.45) is 5.45. The Morgan fingerprint density at radius 3 is 2.38 bits per heavy atom. The summed E-state index contributed by atoms with van der Waals surface area (Å²) in [5.74, 6) is 1.81. The monoisotopic (exact) mass is 396 g/mol. The highest BCUT2D eigenvalue weighted by Crippen LogP contribution is 2.45. The zero-order chi connectivity index (χ0) is 16.4. The number of hydrogen-bond acceptors (Lipinski definition) is 3. The highest BCUT2D eigenvalue weighted by molar-refractivity contribution is 5.88. The molecule has 1 atom stereocenters. The molecular weight excluding hydrogens is 367 g/mol. The minimum absolute atomic E-state index is 0. The molecule has 2 fully saturated rings. The number of piperazine rings is 1. The fraction of sp³-hybridized carbons (Fsp3) is 0.524. The Bertz CT molecular complexity index is 697. The number of halogens is 2. The van der Waals surface area contributed by atoms with Gasteiger partial charge in [0.05, 0.1) is 7.11 Å². The van der Waals surface area contributed by atoms with E-state index in [1.807, 2.05) is 7.11 Å². The van der Waals surface area contributed by atoms with E-state index >= 15 is 0 Å². The zero-order valence-electron chi connectivity index (χ0n) is 15.4. The lowest BCUT2D eigenvalue weighted by Gasteiger charge is -2.39. The van der Waals surface area contributed by atoms with E-state index in [0.29, 0.717) is 6.04 Å². The van der Waals surface area contributed by atoms with Crippen LogP contribution >= 0.6 is 24.8 Å². The van der Waals surface area contributed by atoms with E-state index in [2.05, 4.69) is 46.6 Å². The molecule has 2 aromatic carbocycles. The highest BCUT2D eigenvalue weighted by atomic mass is 35.5. The van der Waals surface area contributed by atoms with Crippen LogP contribution < -0.4 is 10.1 Å². The first-order chi connectivity index (χ1) is 11.9. The van der Waals surface area contributed by atoms with Crippen LogP contribution in [-0.4, -0.2) is 38.2 Å². The third kappa shape index (κ3) is 4.12. The molecule has 26 heavy (non-hydrogen) atoms. The van der Waals surface area contributed by atoms with E-state index < -0.39 is 0 Å². The predicted molar refractivity (Wildman–Crippen MR) is 114 cm³/mol. The number of nitrogens with one attached hydrogen (secondary N) is 1. The molecule has 4 rings (SSSR count). The summed E-state index contributed by atoms with van der Waals surface area (Å²) in [6.45, 7) is 4.45. The fourth-order valence-corrected chi connectivity index (χ4v) is 4.71. The number of benzene rings is 2. The minimum Gasteiger partial charge on any atom is -0.496 e. The number of methoxy groups -OCH3 is 1. The van der Waals surface area contributed by atoms with Gasteiger partial charge in [-0.15, -0.1) is 24.8 Å². The summed E-state index contributed by atoms with van der Waals surface area (Å²) >= 11 is 0. The number of fused-ring (bicyclic) bond motifs is 1. The molecule has 1 saturated carbocycles. The number of hydrogen-bond donors (Lipinski definition) is 1. The molecule has 1 N–H and O–H groups in total. The molecule has 1 heterocycles. The summed E-state index contributed by atoms with van der Waals surface area (Å²) in [7, 11) is 1.82. The van der Waals surface area contributed by atoms with Gasteiger partial charge in [0.2, 0.25) is 0 Å². The van der Waals surface area contributed by atoms with Crippen LogP contribution in [0.25, 0.3) is 10.8 Å². The molecule has 1 aliphatic carbocycles. The molecule has 0 unspecified atom stereocenters. The van der Waals surface area contributed by atoms with Gasteiger partial charge in [0.1, 0.15) is 5.75 Å². The Morgan fingerprint density at radius 2 is 1.69 bits per heavy atom. The van der Waals surface area contributed by atoms with Crippen molar-refractivity contribution in [2.75, 3.05) is 33.3 Å². The van der Waals surface area contributed by atoms with Crippen molar-refractivity contribution in [3.63, 3.8) is 0 Å². The Morgan fingerprint density at radius 1 is 1.00 bits per heavy atom. The van der Waals surface area contributed by atoms with E-state index in [1.165, 1.54) is 42.0 Å². The molecule has 0 aromatic heterocycles. The molecule has 0 radical (unpaired) electrons. The van der Waals surface area contributed by atoms with Gasteiger partial charge in [-0.05, 0) is 35.6 Å². The molecular formula is C21H30Cl2N2O. The third-order valence-electron chi connectivity index (χ3n) is 5.84. The van der Waals surface area contributed by atoms with Crippen LogP contribution in [0.3, 0.4) is 0 Å². The second-order valence-electron chi connectivity index (χ2n) is 7.18. The van der Waals surface area contributed by atoms with Gasteiger partial charge in [-0.25, -0.2) is 0 Å². The van der Waals surface area contributed by atoms with E-state index in [1.54, 1.807) is 0 Å². The number of ether oxygens (including phenoxy) is 1. The summed E-state index contributed by atoms with van der Waals surface area (Å²) < 4.78 is 5.84. The first-order valence-corrected chi connectivity index (χ1v) is 9.39. The highest BCUT2D eigenvalue weighted by Gasteiger charge is 2.34. The van der Waals surface area contributed by atoms with Crippen LogP contribution in [0.1, 0.15) is 37.3 Å². The molecule has 1 saturated heterocycles. The van der Waals surface area contributed by atoms with Crippen molar-refractivity contribution in [3.8, 4) is 5.75 Å². The van der Waals surface area contributed by atoms with Gasteiger partial charge in [0, 0.05) is 37.8 Å². The summed E-state index contributed by atoms with van der Waals surface area (Å²) in [6, 6.07) is 13.6. The van der Waals surface area contributed by atoms with Crippen LogP contribution in [0.15, 0.2) is 36.4 Å². The molecule has 0 bridgehead atoms. The zero-order valence-corrected chi connectivity index (χ0v) is 17.1. The first kappa shape index (κ1) is 21.3. The van der Waals surface area contributed by atoms with Crippen molar-refractivity contribution in [3.05, 3.63) is 42.0 Å². The number of rotatable bonds is 4. The van der Waals surface area contributed by atoms with Crippen LogP contribution in [0.5, 0.6) is 5.75 Å². The molecule has 0 amide bonds. The number of nitrogens with zero attached hydrogens (tertiary/aromatic N) is 1. The normalized spacial score (nSPS) is 19.6. The van der Waals surface area contributed by atoms with E-state index in [-0.39, 0.29) is 24.8 Å². The summed E-state index contributed by atoms with van der Waals surface area (Å²) in [4.78, 5) is 2.71. The largest absolute Gasteiger partial charge is 0.496 e. The van der Waals surface area contributed by atoms with E-state index in [4.69, 9.17) is 4.74 Å². The van der Waals surface area contributed by atoms with Crippen LogP contribution in [0.2, 0.25) is 0 Å². The SMILES string of the molecule is COc1ccc2ccccc2c1[C@H](C1CCCC1)N1CCNCC1.Cl.Cl.